The highest BCUT2D eigenvalue weighted by molar-refractivity contribution is 5.91. The number of rotatable bonds is 6. The smallest absolute Gasteiger partial charge is 0.145 e. The van der Waals surface area contributed by atoms with Crippen molar-refractivity contribution in [2.45, 2.75) is 25.8 Å². The lowest BCUT2D eigenvalue weighted by Crippen LogP contribution is -2.39. The third-order valence-corrected chi connectivity index (χ3v) is 7.99. The lowest BCUT2D eigenvalue weighted by atomic mass is 9.80. The van der Waals surface area contributed by atoms with Crippen LogP contribution in [0.2, 0.25) is 0 Å². The fourth-order valence-electron chi connectivity index (χ4n) is 5.86. The van der Waals surface area contributed by atoms with Gasteiger partial charge in [-0.15, -0.1) is 0 Å². The van der Waals surface area contributed by atoms with Gasteiger partial charge in [0.2, 0.25) is 0 Å². The number of nitriles is 1. The van der Waals surface area contributed by atoms with Crippen molar-refractivity contribution in [1.29, 1.82) is 5.26 Å². The summed E-state index contributed by atoms with van der Waals surface area (Å²) < 4.78 is 7.61. The number of Topliss-reactive ketones (excluding diaryl/α,β-unsaturated/α-hetero) is 1. The number of carbonyl (C=O) groups excluding carboxylic acids is 1. The molecular formula is C31H26N4O2. The molecule has 2 fully saturated rings. The van der Waals surface area contributed by atoms with Crippen LogP contribution in [0.5, 0.6) is 0 Å². The average molecular weight is 487 g/mol. The van der Waals surface area contributed by atoms with E-state index in [-0.39, 0.29) is 5.92 Å². The van der Waals surface area contributed by atoms with E-state index in [4.69, 9.17) is 9.40 Å². The van der Waals surface area contributed by atoms with E-state index in [2.05, 4.69) is 52.4 Å². The Labute approximate surface area is 214 Å². The van der Waals surface area contributed by atoms with E-state index in [0.29, 0.717) is 24.4 Å². The molecule has 37 heavy (non-hydrogen) atoms. The number of hydrogen-bond acceptors (Lipinski definition) is 5. The maximum absolute atomic E-state index is 13.5. The summed E-state index contributed by atoms with van der Waals surface area (Å²) >= 11 is 0. The first-order chi connectivity index (χ1) is 18.1. The van der Waals surface area contributed by atoms with Crippen LogP contribution in [0, 0.1) is 22.7 Å². The highest BCUT2D eigenvalue weighted by Gasteiger charge is 2.48. The molecule has 0 spiro atoms. The molecule has 3 heterocycles. The molecule has 6 heteroatoms. The minimum atomic E-state index is -0.466. The molecule has 5 aromatic rings. The summed E-state index contributed by atoms with van der Waals surface area (Å²) in [5, 5.41) is 14.4. The van der Waals surface area contributed by atoms with Gasteiger partial charge in [-0.3, -0.25) is 4.79 Å². The molecule has 0 bridgehead atoms. The van der Waals surface area contributed by atoms with E-state index in [1.807, 2.05) is 30.3 Å². The van der Waals surface area contributed by atoms with Crippen LogP contribution in [-0.2, 0) is 11.3 Å². The van der Waals surface area contributed by atoms with Crippen LogP contribution in [0.25, 0.3) is 44.5 Å². The molecule has 0 radical (unpaired) electrons. The van der Waals surface area contributed by atoms with Crippen molar-refractivity contribution in [3.63, 3.8) is 0 Å². The molecule has 182 valence electrons. The van der Waals surface area contributed by atoms with E-state index in [0.717, 1.165) is 70.3 Å². The second-order valence-electron chi connectivity index (χ2n) is 10.4. The van der Waals surface area contributed by atoms with Gasteiger partial charge >= 0.3 is 0 Å². The third-order valence-electron chi connectivity index (χ3n) is 7.99. The van der Waals surface area contributed by atoms with Gasteiger partial charge in [-0.2, -0.15) is 5.26 Å². The minimum Gasteiger partial charge on any atom is -0.464 e. The molecule has 0 amide bonds. The number of ketones is 1. The van der Waals surface area contributed by atoms with Crippen molar-refractivity contribution in [2.75, 3.05) is 13.1 Å². The molecule has 0 unspecified atom stereocenters. The normalized spacial score (nSPS) is 19.4. The molecule has 1 saturated carbocycles. The summed E-state index contributed by atoms with van der Waals surface area (Å²) in [7, 11) is 0. The molecule has 1 saturated heterocycles. The summed E-state index contributed by atoms with van der Waals surface area (Å²) in [5.74, 6) is 1.34. The second-order valence-corrected chi connectivity index (χ2v) is 10.4. The Kier molecular flexibility index (Phi) is 5.02. The molecular weight excluding hydrogens is 460 g/mol. The van der Waals surface area contributed by atoms with Crippen LogP contribution in [0.4, 0.5) is 0 Å². The Hall–Kier alpha value is -4.21. The van der Waals surface area contributed by atoms with Gasteiger partial charge in [0.1, 0.15) is 23.3 Å². The summed E-state index contributed by atoms with van der Waals surface area (Å²) in [6, 6.07) is 24.5. The number of fused-ring (bicyclic) bond motifs is 2. The van der Waals surface area contributed by atoms with Crippen LogP contribution in [-0.4, -0.2) is 28.4 Å². The number of nitrogens with one attached hydrogen (secondary N) is 1. The van der Waals surface area contributed by atoms with Gasteiger partial charge in [-0.05, 0) is 67.3 Å². The standard InChI is InChI=1S/C31H26N4O2/c32-17-25-2-1-3-26-28(25)35(19-31(13-14-33-18-31)29(36)21-6-7-21)30(34-26)22-8-4-20(5-9-22)23-10-11-27-24(16-23)12-15-37-27/h1-5,8-12,15-16,21,33H,6-7,13-14,18-19H2/t31-/m0/s1. The second kappa shape index (κ2) is 8.43. The molecule has 1 aliphatic heterocycles. The van der Waals surface area contributed by atoms with Crippen molar-refractivity contribution < 1.29 is 9.21 Å². The molecule has 6 nitrogen and oxygen atoms in total. The first kappa shape index (κ1) is 22.0. The summed E-state index contributed by atoms with van der Waals surface area (Å²) in [4.78, 5) is 18.5. The van der Waals surface area contributed by atoms with Crippen LogP contribution in [0.3, 0.4) is 0 Å². The van der Waals surface area contributed by atoms with Gasteiger partial charge in [0.25, 0.3) is 0 Å². The summed E-state index contributed by atoms with van der Waals surface area (Å²) in [6.07, 6.45) is 4.50. The number of para-hydroxylation sites is 1. The number of nitrogens with zero attached hydrogens (tertiary/aromatic N) is 3. The molecule has 3 aromatic carbocycles. The first-order valence-electron chi connectivity index (χ1n) is 12.9. The molecule has 2 aliphatic rings. The maximum Gasteiger partial charge on any atom is 0.145 e. The quantitative estimate of drug-likeness (QED) is 0.321. The van der Waals surface area contributed by atoms with Crippen LogP contribution in [0.15, 0.2) is 77.4 Å². The fourth-order valence-corrected chi connectivity index (χ4v) is 5.86. The zero-order valence-electron chi connectivity index (χ0n) is 20.4. The Morgan fingerprint density at radius 1 is 1.08 bits per heavy atom. The van der Waals surface area contributed by atoms with Crippen LogP contribution >= 0.6 is 0 Å². The minimum absolute atomic E-state index is 0.181. The van der Waals surface area contributed by atoms with Gasteiger partial charge in [-0.1, -0.05) is 36.4 Å². The van der Waals surface area contributed by atoms with Crippen molar-refractivity contribution in [3.05, 3.63) is 78.6 Å². The van der Waals surface area contributed by atoms with E-state index >= 15 is 0 Å². The van der Waals surface area contributed by atoms with Gasteiger partial charge in [-0.25, -0.2) is 4.98 Å². The van der Waals surface area contributed by atoms with Crippen molar-refractivity contribution in [2.24, 2.45) is 11.3 Å². The van der Waals surface area contributed by atoms with E-state index in [9.17, 15) is 10.1 Å². The van der Waals surface area contributed by atoms with Gasteiger partial charge in [0.15, 0.2) is 0 Å². The summed E-state index contributed by atoms with van der Waals surface area (Å²) in [5.41, 5.74) is 5.77. The van der Waals surface area contributed by atoms with E-state index in [1.54, 1.807) is 6.26 Å². The van der Waals surface area contributed by atoms with Crippen LogP contribution in [0.1, 0.15) is 24.8 Å². The Morgan fingerprint density at radius 2 is 1.89 bits per heavy atom. The van der Waals surface area contributed by atoms with Crippen molar-refractivity contribution in [3.8, 4) is 28.6 Å². The van der Waals surface area contributed by atoms with Gasteiger partial charge < -0.3 is 14.3 Å². The van der Waals surface area contributed by atoms with E-state index in [1.165, 1.54) is 0 Å². The molecule has 7 rings (SSSR count). The average Bonchev–Trinajstić information content (AvgIpc) is 3.32. The first-order valence-corrected chi connectivity index (χ1v) is 12.9. The predicted molar refractivity (Wildman–Crippen MR) is 143 cm³/mol. The maximum atomic E-state index is 13.5. The Bertz CT molecular complexity index is 1690. The van der Waals surface area contributed by atoms with Crippen LogP contribution < -0.4 is 5.32 Å². The van der Waals surface area contributed by atoms with Crippen molar-refractivity contribution in [1.82, 2.24) is 14.9 Å². The number of benzene rings is 3. The van der Waals surface area contributed by atoms with Gasteiger partial charge in [0.05, 0.1) is 28.3 Å². The lowest BCUT2D eigenvalue weighted by Gasteiger charge is -2.28. The number of hydrogen-bond donors (Lipinski definition) is 1. The summed E-state index contributed by atoms with van der Waals surface area (Å²) in [6.45, 7) is 2.03. The Morgan fingerprint density at radius 3 is 2.65 bits per heavy atom. The topological polar surface area (TPSA) is 83.8 Å². The number of furan rings is 1. The lowest BCUT2D eigenvalue weighted by molar-refractivity contribution is -0.129. The highest BCUT2D eigenvalue weighted by atomic mass is 16.3. The Balaban J connectivity index is 1.33. The number of imidazole rings is 1. The highest BCUT2D eigenvalue weighted by Crippen LogP contribution is 2.42. The third kappa shape index (κ3) is 3.66. The SMILES string of the molecule is N#Cc1cccc2nc(-c3ccc(-c4ccc5occc5c4)cc3)n(C[C@]3(C(=O)C4CC4)CCNC3)c12. The van der Waals surface area contributed by atoms with E-state index < -0.39 is 5.41 Å². The molecule has 1 aliphatic carbocycles. The zero-order valence-corrected chi connectivity index (χ0v) is 20.4. The number of aromatic nitrogens is 2. The predicted octanol–water partition coefficient (Wildman–Crippen LogP) is 5.95. The molecule has 1 N–H and O–H groups in total. The molecule has 1 atom stereocenters. The monoisotopic (exact) mass is 486 g/mol. The molecule has 2 aromatic heterocycles. The fraction of sp³-hybridized carbons (Fsp3) is 0.258. The zero-order chi connectivity index (χ0) is 25.0. The van der Waals surface area contributed by atoms with Gasteiger partial charge in [0, 0.05) is 30.0 Å². The largest absolute Gasteiger partial charge is 0.464 e. The number of carbonyl (C=O) groups is 1. The van der Waals surface area contributed by atoms with Crippen molar-refractivity contribution >= 4 is 27.8 Å².